The summed E-state index contributed by atoms with van der Waals surface area (Å²) in [7, 11) is 0. The van der Waals surface area contributed by atoms with E-state index in [1.54, 1.807) is 0 Å². The Morgan fingerprint density at radius 3 is 2.30 bits per heavy atom. The maximum atomic E-state index is 12.0. The highest BCUT2D eigenvalue weighted by Gasteiger charge is 2.15. The van der Waals surface area contributed by atoms with E-state index >= 15 is 0 Å². The molecule has 0 aromatic heterocycles. The van der Waals surface area contributed by atoms with Gasteiger partial charge in [0.25, 0.3) is 0 Å². The van der Waals surface area contributed by atoms with Gasteiger partial charge in [0.1, 0.15) is 0 Å². The molecule has 1 saturated heterocycles. The van der Waals surface area contributed by atoms with Crippen LogP contribution >= 0.6 is 0 Å². The van der Waals surface area contributed by atoms with Crippen LogP contribution < -0.4 is 5.32 Å². The predicted molar refractivity (Wildman–Crippen MR) is 82.8 cm³/mol. The van der Waals surface area contributed by atoms with Crippen LogP contribution in [0.25, 0.3) is 0 Å². The summed E-state index contributed by atoms with van der Waals surface area (Å²) >= 11 is 0. The standard InChI is InChI=1S/C17H26N2O/c1-2-4-15-7-9-16(10-8-15)5-3-6-17(20)19-13-11-18-12-14-19/h7-10,18H,2-6,11-14H2,1H3. The molecule has 0 bridgehead atoms. The highest BCUT2D eigenvalue weighted by molar-refractivity contribution is 5.76. The molecule has 1 aliphatic heterocycles. The van der Waals surface area contributed by atoms with Gasteiger partial charge in [0.15, 0.2) is 0 Å². The zero-order valence-corrected chi connectivity index (χ0v) is 12.5. The van der Waals surface area contributed by atoms with Gasteiger partial charge in [0.05, 0.1) is 0 Å². The van der Waals surface area contributed by atoms with E-state index in [1.807, 2.05) is 4.90 Å². The Labute approximate surface area is 122 Å². The van der Waals surface area contributed by atoms with Crippen LogP contribution in [0.3, 0.4) is 0 Å². The van der Waals surface area contributed by atoms with Crippen molar-refractivity contribution in [3.8, 4) is 0 Å². The first kappa shape index (κ1) is 15.0. The highest BCUT2D eigenvalue weighted by Crippen LogP contribution is 2.10. The smallest absolute Gasteiger partial charge is 0.222 e. The molecule has 20 heavy (non-hydrogen) atoms. The molecule has 1 aliphatic rings. The Morgan fingerprint density at radius 2 is 1.70 bits per heavy atom. The van der Waals surface area contributed by atoms with Crippen LogP contribution in [-0.4, -0.2) is 37.0 Å². The molecule has 3 heteroatoms. The molecular formula is C17H26N2O. The summed E-state index contributed by atoms with van der Waals surface area (Å²) in [6.45, 7) is 5.81. The number of hydrogen-bond donors (Lipinski definition) is 1. The second-order valence-electron chi connectivity index (χ2n) is 5.55. The fourth-order valence-electron chi connectivity index (χ4n) is 2.68. The monoisotopic (exact) mass is 274 g/mol. The zero-order valence-electron chi connectivity index (χ0n) is 12.5. The van der Waals surface area contributed by atoms with Crippen molar-refractivity contribution in [3.63, 3.8) is 0 Å². The molecule has 110 valence electrons. The summed E-state index contributed by atoms with van der Waals surface area (Å²) in [5, 5.41) is 3.27. The molecule has 0 spiro atoms. The molecule has 0 saturated carbocycles. The number of nitrogens with one attached hydrogen (secondary N) is 1. The number of amides is 1. The topological polar surface area (TPSA) is 32.3 Å². The van der Waals surface area contributed by atoms with Gasteiger partial charge in [0, 0.05) is 32.6 Å². The second-order valence-corrected chi connectivity index (χ2v) is 5.55. The quantitative estimate of drug-likeness (QED) is 0.864. The van der Waals surface area contributed by atoms with Crippen LogP contribution in [0.15, 0.2) is 24.3 Å². The van der Waals surface area contributed by atoms with Gasteiger partial charge in [-0.2, -0.15) is 0 Å². The van der Waals surface area contributed by atoms with Crippen molar-refractivity contribution < 1.29 is 4.79 Å². The number of hydrogen-bond acceptors (Lipinski definition) is 2. The van der Waals surface area contributed by atoms with E-state index < -0.39 is 0 Å². The van der Waals surface area contributed by atoms with Crippen molar-refractivity contribution in [1.29, 1.82) is 0 Å². The van der Waals surface area contributed by atoms with Gasteiger partial charge in [-0.15, -0.1) is 0 Å². The molecule has 1 heterocycles. The molecule has 0 atom stereocenters. The molecule has 1 amide bonds. The number of carbonyl (C=O) groups is 1. The van der Waals surface area contributed by atoms with E-state index in [-0.39, 0.29) is 0 Å². The maximum Gasteiger partial charge on any atom is 0.222 e. The van der Waals surface area contributed by atoms with Crippen LogP contribution in [0.2, 0.25) is 0 Å². The van der Waals surface area contributed by atoms with Crippen molar-refractivity contribution in [2.24, 2.45) is 0 Å². The third-order valence-electron chi connectivity index (χ3n) is 3.89. The number of carbonyl (C=O) groups excluding carboxylic acids is 1. The lowest BCUT2D eigenvalue weighted by molar-refractivity contribution is -0.131. The molecule has 2 rings (SSSR count). The van der Waals surface area contributed by atoms with Gasteiger partial charge in [-0.3, -0.25) is 4.79 Å². The van der Waals surface area contributed by atoms with Gasteiger partial charge in [-0.25, -0.2) is 0 Å². The first-order valence-corrected chi connectivity index (χ1v) is 7.86. The lowest BCUT2D eigenvalue weighted by atomic mass is 10.0. The lowest BCUT2D eigenvalue weighted by Crippen LogP contribution is -2.46. The second kappa shape index (κ2) is 8.05. The van der Waals surface area contributed by atoms with Crippen molar-refractivity contribution >= 4 is 5.91 Å². The molecule has 0 radical (unpaired) electrons. The average molecular weight is 274 g/mol. The molecule has 1 aromatic rings. The summed E-state index contributed by atoms with van der Waals surface area (Å²) in [6.07, 6.45) is 4.98. The average Bonchev–Trinajstić information content (AvgIpc) is 2.50. The molecular weight excluding hydrogens is 248 g/mol. The van der Waals surface area contributed by atoms with Crippen molar-refractivity contribution in [2.75, 3.05) is 26.2 Å². The molecule has 3 nitrogen and oxygen atoms in total. The minimum Gasteiger partial charge on any atom is -0.340 e. The Balaban J connectivity index is 1.70. The Morgan fingerprint density at radius 1 is 1.10 bits per heavy atom. The number of benzene rings is 1. The third kappa shape index (κ3) is 4.64. The largest absolute Gasteiger partial charge is 0.340 e. The van der Waals surface area contributed by atoms with E-state index in [1.165, 1.54) is 17.5 Å². The fraction of sp³-hybridized carbons (Fsp3) is 0.588. The first-order chi connectivity index (χ1) is 9.79. The van der Waals surface area contributed by atoms with Crippen molar-refractivity contribution in [3.05, 3.63) is 35.4 Å². The minimum atomic E-state index is 0.314. The zero-order chi connectivity index (χ0) is 14.2. The first-order valence-electron chi connectivity index (χ1n) is 7.86. The SMILES string of the molecule is CCCc1ccc(CCCC(=O)N2CCNCC2)cc1. The summed E-state index contributed by atoms with van der Waals surface area (Å²) in [5.74, 6) is 0.314. The van der Waals surface area contributed by atoms with E-state index in [0.717, 1.165) is 45.4 Å². The number of aryl methyl sites for hydroxylation is 2. The number of nitrogens with zero attached hydrogens (tertiary/aromatic N) is 1. The van der Waals surface area contributed by atoms with Crippen LogP contribution in [0.5, 0.6) is 0 Å². The summed E-state index contributed by atoms with van der Waals surface area (Å²) in [6, 6.07) is 8.86. The fourth-order valence-corrected chi connectivity index (χ4v) is 2.68. The van der Waals surface area contributed by atoms with Gasteiger partial charge in [0.2, 0.25) is 5.91 Å². The Hall–Kier alpha value is -1.35. The summed E-state index contributed by atoms with van der Waals surface area (Å²) in [4.78, 5) is 14.0. The van der Waals surface area contributed by atoms with Crippen molar-refractivity contribution in [2.45, 2.75) is 39.0 Å². The van der Waals surface area contributed by atoms with E-state index in [2.05, 4.69) is 36.5 Å². The summed E-state index contributed by atoms with van der Waals surface area (Å²) < 4.78 is 0. The third-order valence-corrected chi connectivity index (χ3v) is 3.89. The van der Waals surface area contributed by atoms with E-state index in [9.17, 15) is 4.79 Å². The number of rotatable bonds is 6. The van der Waals surface area contributed by atoms with Crippen LogP contribution in [-0.2, 0) is 17.6 Å². The highest BCUT2D eigenvalue weighted by atomic mass is 16.2. The van der Waals surface area contributed by atoms with Crippen LogP contribution in [0.1, 0.15) is 37.3 Å². The normalized spacial score (nSPS) is 15.3. The van der Waals surface area contributed by atoms with Gasteiger partial charge in [-0.1, -0.05) is 37.6 Å². The van der Waals surface area contributed by atoms with Gasteiger partial charge in [-0.05, 0) is 30.4 Å². The molecule has 0 aliphatic carbocycles. The predicted octanol–water partition coefficient (Wildman–Crippen LogP) is 2.39. The van der Waals surface area contributed by atoms with Crippen LogP contribution in [0, 0.1) is 0 Å². The Kier molecular flexibility index (Phi) is 6.06. The molecule has 1 fully saturated rings. The van der Waals surface area contributed by atoms with Crippen LogP contribution in [0.4, 0.5) is 0 Å². The Bertz CT molecular complexity index is 408. The molecule has 0 unspecified atom stereocenters. The van der Waals surface area contributed by atoms with E-state index in [0.29, 0.717) is 12.3 Å². The van der Waals surface area contributed by atoms with Gasteiger partial charge < -0.3 is 10.2 Å². The van der Waals surface area contributed by atoms with Gasteiger partial charge >= 0.3 is 0 Å². The number of piperazine rings is 1. The van der Waals surface area contributed by atoms with Crippen molar-refractivity contribution in [1.82, 2.24) is 10.2 Å². The summed E-state index contributed by atoms with van der Waals surface area (Å²) in [5.41, 5.74) is 2.76. The van der Waals surface area contributed by atoms with E-state index in [4.69, 9.17) is 0 Å². The molecule has 1 aromatic carbocycles. The molecule has 1 N–H and O–H groups in total. The minimum absolute atomic E-state index is 0.314. The lowest BCUT2D eigenvalue weighted by Gasteiger charge is -2.27. The maximum absolute atomic E-state index is 12.0.